The molecule has 6 nitrogen and oxygen atoms in total. The Labute approximate surface area is 145 Å². The van der Waals surface area contributed by atoms with Gasteiger partial charge in [-0.05, 0) is 49.2 Å². The predicted molar refractivity (Wildman–Crippen MR) is 90.7 cm³/mol. The van der Waals surface area contributed by atoms with Crippen molar-refractivity contribution in [1.29, 1.82) is 0 Å². The van der Waals surface area contributed by atoms with Crippen molar-refractivity contribution in [2.45, 2.75) is 23.8 Å². The standard InChI is InChI=1S/C17H17FN2O4S/c1-24-16-8-7-14(25(22,23)20-13-5-6-13)10-15(16)19-17(21)11-3-2-4-12(18)9-11/h2-4,7-10,13,20H,5-6H2,1H3,(H,19,21). The summed E-state index contributed by atoms with van der Waals surface area (Å²) in [5.41, 5.74) is 0.307. The SMILES string of the molecule is COc1ccc(S(=O)(=O)NC2CC2)cc1NC(=O)c1cccc(F)c1. The Bertz CT molecular complexity index is 911. The summed E-state index contributed by atoms with van der Waals surface area (Å²) in [5, 5.41) is 2.56. The third kappa shape index (κ3) is 4.15. The summed E-state index contributed by atoms with van der Waals surface area (Å²) in [5.74, 6) is -0.804. The van der Waals surface area contributed by atoms with Crippen molar-refractivity contribution in [3.8, 4) is 5.75 Å². The number of carbonyl (C=O) groups is 1. The lowest BCUT2D eigenvalue weighted by Crippen LogP contribution is -2.25. The van der Waals surface area contributed by atoms with E-state index in [1.54, 1.807) is 0 Å². The van der Waals surface area contributed by atoms with E-state index >= 15 is 0 Å². The minimum absolute atomic E-state index is 0.0229. The minimum atomic E-state index is -3.67. The van der Waals surface area contributed by atoms with E-state index in [4.69, 9.17) is 4.74 Å². The second-order valence-corrected chi connectivity index (χ2v) is 7.44. The van der Waals surface area contributed by atoms with E-state index in [1.807, 2.05) is 0 Å². The van der Waals surface area contributed by atoms with E-state index in [0.29, 0.717) is 5.75 Å². The Morgan fingerprint density at radius 1 is 1.20 bits per heavy atom. The first kappa shape index (κ1) is 17.4. The number of carbonyl (C=O) groups excluding carboxylic acids is 1. The van der Waals surface area contributed by atoms with Gasteiger partial charge in [0, 0.05) is 11.6 Å². The van der Waals surface area contributed by atoms with E-state index in [1.165, 1.54) is 43.5 Å². The van der Waals surface area contributed by atoms with Gasteiger partial charge < -0.3 is 10.1 Å². The molecule has 0 aliphatic heterocycles. The Balaban J connectivity index is 1.88. The molecule has 0 bridgehead atoms. The van der Waals surface area contributed by atoms with Crippen LogP contribution in [0.5, 0.6) is 5.75 Å². The van der Waals surface area contributed by atoms with Crippen molar-refractivity contribution in [2.24, 2.45) is 0 Å². The molecule has 2 aromatic rings. The molecule has 2 aromatic carbocycles. The molecule has 0 unspecified atom stereocenters. The number of halogens is 1. The Morgan fingerprint density at radius 3 is 2.60 bits per heavy atom. The second-order valence-electron chi connectivity index (χ2n) is 5.72. The molecule has 0 heterocycles. The van der Waals surface area contributed by atoms with Crippen LogP contribution >= 0.6 is 0 Å². The molecule has 25 heavy (non-hydrogen) atoms. The maximum absolute atomic E-state index is 13.3. The molecule has 2 N–H and O–H groups in total. The van der Waals surface area contributed by atoms with Crippen LogP contribution in [0.4, 0.5) is 10.1 Å². The molecule has 1 fully saturated rings. The number of nitrogens with one attached hydrogen (secondary N) is 2. The van der Waals surface area contributed by atoms with Crippen LogP contribution in [-0.4, -0.2) is 27.5 Å². The fraction of sp³-hybridized carbons (Fsp3) is 0.235. The molecule has 132 valence electrons. The molecular weight excluding hydrogens is 347 g/mol. The van der Waals surface area contributed by atoms with E-state index in [-0.39, 0.29) is 22.2 Å². The average Bonchev–Trinajstić information content (AvgIpc) is 3.38. The van der Waals surface area contributed by atoms with Crippen molar-refractivity contribution in [3.05, 3.63) is 53.8 Å². The maximum Gasteiger partial charge on any atom is 0.255 e. The number of anilines is 1. The zero-order chi connectivity index (χ0) is 18.0. The van der Waals surface area contributed by atoms with E-state index in [9.17, 15) is 17.6 Å². The lowest BCUT2D eigenvalue weighted by Gasteiger charge is -2.13. The van der Waals surface area contributed by atoms with Crippen molar-refractivity contribution < 1.29 is 22.3 Å². The van der Waals surface area contributed by atoms with Crippen LogP contribution < -0.4 is 14.8 Å². The molecule has 1 amide bonds. The van der Waals surface area contributed by atoms with Gasteiger partial charge in [-0.3, -0.25) is 4.79 Å². The number of sulfonamides is 1. The third-order valence-corrected chi connectivity index (χ3v) is 5.23. The number of hydrogen-bond acceptors (Lipinski definition) is 4. The van der Waals surface area contributed by atoms with Crippen molar-refractivity contribution in [1.82, 2.24) is 4.72 Å². The molecule has 1 aliphatic rings. The first-order valence-corrected chi connectivity index (χ1v) is 9.14. The van der Waals surface area contributed by atoms with Crippen LogP contribution in [0.3, 0.4) is 0 Å². The van der Waals surface area contributed by atoms with E-state index in [2.05, 4.69) is 10.0 Å². The number of benzene rings is 2. The van der Waals surface area contributed by atoms with Crippen molar-refractivity contribution >= 4 is 21.6 Å². The average molecular weight is 364 g/mol. The minimum Gasteiger partial charge on any atom is -0.495 e. The predicted octanol–water partition coefficient (Wildman–Crippen LogP) is 2.53. The largest absolute Gasteiger partial charge is 0.495 e. The number of rotatable bonds is 6. The Morgan fingerprint density at radius 2 is 1.96 bits per heavy atom. The van der Waals surface area contributed by atoms with Gasteiger partial charge in [0.25, 0.3) is 5.91 Å². The number of hydrogen-bond donors (Lipinski definition) is 2. The molecule has 1 aliphatic carbocycles. The number of ether oxygens (including phenoxy) is 1. The van der Waals surface area contributed by atoms with Gasteiger partial charge in [-0.15, -0.1) is 0 Å². The topological polar surface area (TPSA) is 84.5 Å². The summed E-state index contributed by atoms with van der Waals surface area (Å²) in [4.78, 5) is 12.3. The summed E-state index contributed by atoms with van der Waals surface area (Å²) in [6.45, 7) is 0. The number of methoxy groups -OCH3 is 1. The van der Waals surface area contributed by atoms with Crippen LogP contribution in [0.25, 0.3) is 0 Å². The van der Waals surface area contributed by atoms with Gasteiger partial charge >= 0.3 is 0 Å². The van der Waals surface area contributed by atoms with Crippen LogP contribution in [0.1, 0.15) is 23.2 Å². The fourth-order valence-electron chi connectivity index (χ4n) is 2.26. The highest BCUT2D eigenvalue weighted by atomic mass is 32.2. The van der Waals surface area contributed by atoms with Gasteiger partial charge in [-0.2, -0.15) is 0 Å². The summed E-state index contributed by atoms with van der Waals surface area (Å²) >= 11 is 0. The smallest absolute Gasteiger partial charge is 0.255 e. The van der Waals surface area contributed by atoms with Gasteiger partial charge in [0.05, 0.1) is 17.7 Å². The first-order chi connectivity index (χ1) is 11.9. The van der Waals surface area contributed by atoms with Gasteiger partial charge in [-0.1, -0.05) is 6.07 Å². The lowest BCUT2D eigenvalue weighted by molar-refractivity contribution is 0.102. The molecule has 0 saturated heterocycles. The van der Waals surface area contributed by atoms with Gasteiger partial charge in [0.2, 0.25) is 10.0 Å². The van der Waals surface area contributed by atoms with E-state index < -0.39 is 21.7 Å². The molecule has 8 heteroatoms. The zero-order valence-electron chi connectivity index (χ0n) is 13.5. The molecule has 0 spiro atoms. The molecular formula is C17H17FN2O4S. The van der Waals surface area contributed by atoms with Crippen LogP contribution in [-0.2, 0) is 10.0 Å². The highest BCUT2D eigenvalue weighted by Crippen LogP contribution is 2.29. The van der Waals surface area contributed by atoms with Crippen LogP contribution in [0.2, 0.25) is 0 Å². The third-order valence-electron chi connectivity index (χ3n) is 3.72. The lowest BCUT2D eigenvalue weighted by atomic mass is 10.2. The van der Waals surface area contributed by atoms with Crippen LogP contribution in [0, 0.1) is 5.82 Å². The quantitative estimate of drug-likeness (QED) is 0.825. The van der Waals surface area contributed by atoms with Crippen LogP contribution in [0.15, 0.2) is 47.4 Å². The monoisotopic (exact) mass is 364 g/mol. The first-order valence-electron chi connectivity index (χ1n) is 7.66. The molecule has 0 atom stereocenters. The maximum atomic E-state index is 13.3. The Kier molecular flexibility index (Phi) is 4.73. The highest BCUT2D eigenvalue weighted by Gasteiger charge is 2.28. The summed E-state index contributed by atoms with van der Waals surface area (Å²) < 4.78 is 45.6. The summed E-state index contributed by atoms with van der Waals surface area (Å²) in [7, 11) is -2.26. The molecule has 3 rings (SSSR count). The second kappa shape index (κ2) is 6.81. The zero-order valence-corrected chi connectivity index (χ0v) is 14.3. The molecule has 0 radical (unpaired) electrons. The van der Waals surface area contributed by atoms with Crippen molar-refractivity contribution in [2.75, 3.05) is 12.4 Å². The summed E-state index contributed by atoms with van der Waals surface area (Å²) in [6.07, 6.45) is 1.64. The highest BCUT2D eigenvalue weighted by molar-refractivity contribution is 7.89. The molecule has 1 saturated carbocycles. The van der Waals surface area contributed by atoms with Gasteiger partial charge in [-0.25, -0.2) is 17.5 Å². The molecule has 0 aromatic heterocycles. The van der Waals surface area contributed by atoms with Gasteiger partial charge in [0.15, 0.2) is 0 Å². The van der Waals surface area contributed by atoms with Crippen molar-refractivity contribution in [3.63, 3.8) is 0 Å². The van der Waals surface area contributed by atoms with E-state index in [0.717, 1.165) is 18.9 Å². The Hall–Kier alpha value is -2.45. The summed E-state index contributed by atoms with van der Waals surface area (Å²) in [6, 6.07) is 9.36. The van der Waals surface area contributed by atoms with Gasteiger partial charge in [0.1, 0.15) is 11.6 Å². The number of amides is 1. The fourth-order valence-corrected chi connectivity index (χ4v) is 3.60. The normalized spacial score (nSPS) is 14.2.